The van der Waals surface area contributed by atoms with Crippen LogP contribution in [0.3, 0.4) is 0 Å². The van der Waals surface area contributed by atoms with Crippen LogP contribution in [0.1, 0.15) is 39.5 Å². The predicted octanol–water partition coefficient (Wildman–Crippen LogP) is 2.73. The second kappa shape index (κ2) is 9.35. The van der Waals surface area contributed by atoms with Crippen molar-refractivity contribution in [2.75, 3.05) is 6.54 Å². The Bertz CT molecular complexity index is 164. The molecule has 74 valence electrons. The lowest BCUT2D eigenvalue weighted by molar-refractivity contribution is 0.551. The largest absolute Gasteiger partial charge is 0.304 e. The smallest absolute Gasteiger partial charge is 0.0575 e. The molecule has 0 aromatic heterocycles. The van der Waals surface area contributed by atoms with E-state index in [2.05, 4.69) is 37.2 Å². The fourth-order valence-electron chi connectivity index (χ4n) is 1.08. The molecule has 0 radical (unpaired) electrons. The average molecular weight is 179 g/mol. The Balaban J connectivity index is 3.26. The zero-order valence-corrected chi connectivity index (χ0v) is 8.84. The van der Waals surface area contributed by atoms with Gasteiger partial charge in [-0.25, -0.2) is 0 Å². The summed E-state index contributed by atoms with van der Waals surface area (Å²) in [5.74, 6) is 2.58. The molecule has 0 spiro atoms. The van der Waals surface area contributed by atoms with E-state index in [0.717, 1.165) is 6.42 Å². The third kappa shape index (κ3) is 9.17. The van der Waals surface area contributed by atoms with Gasteiger partial charge in [0.05, 0.1) is 6.54 Å². The number of hydrogen-bond donors (Lipinski definition) is 1. The zero-order valence-electron chi connectivity index (χ0n) is 8.84. The van der Waals surface area contributed by atoms with Gasteiger partial charge in [0, 0.05) is 6.04 Å². The summed E-state index contributed by atoms with van der Waals surface area (Å²) < 4.78 is 0. The first-order chi connectivity index (χ1) is 6.31. The fraction of sp³-hybridized carbons (Fsp3) is 0.667. The number of hydrogen-bond acceptors (Lipinski definition) is 1. The molecule has 1 heteroatoms. The van der Waals surface area contributed by atoms with Crippen molar-refractivity contribution in [3.63, 3.8) is 0 Å². The third-order valence-corrected chi connectivity index (χ3v) is 1.94. The molecule has 0 saturated carbocycles. The Kier molecular flexibility index (Phi) is 8.82. The Labute approximate surface area is 82.6 Å². The Morgan fingerprint density at radius 1 is 1.38 bits per heavy atom. The van der Waals surface area contributed by atoms with Crippen molar-refractivity contribution in [2.45, 2.75) is 45.6 Å². The molecule has 0 aliphatic carbocycles. The van der Waals surface area contributed by atoms with Crippen LogP contribution in [0.25, 0.3) is 0 Å². The minimum atomic E-state index is 0.530. The summed E-state index contributed by atoms with van der Waals surface area (Å²) in [5, 5.41) is 3.25. The molecule has 1 atom stereocenters. The van der Waals surface area contributed by atoms with Crippen LogP contribution >= 0.6 is 0 Å². The summed E-state index contributed by atoms with van der Waals surface area (Å²) >= 11 is 0. The molecule has 0 aliphatic rings. The van der Waals surface area contributed by atoms with Crippen LogP contribution in [0.2, 0.25) is 0 Å². The highest BCUT2D eigenvalue weighted by Gasteiger charge is 1.96. The molecule has 0 rings (SSSR count). The van der Waals surface area contributed by atoms with Gasteiger partial charge in [0.15, 0.2) is 0 Å². The van der Waals surface area contributed by atoms with Crippen LogP contribution in [0, 0.1) is 12.3 Å². The Morgan fingerprint density at radius 3 is 2.69 bits per heavy atom. The van der Waals surface area contributed by atoms with Gasteiger partial charge < -0.3 is 5.32 Å². The van der Waals surface area contributed by atoms with E-state index in [-0.39, 0.29) is 0 Å². The number of allylic oxidation sites excluding steroid dienone is 2. The number of unbranched alkanes of at least 4 members (excludes halogenated alkanes) is 1. The molecule has 1 nitrogen and oxygen atoms in total. The maximum atomic E-state index is 5.14. The molecule has 0 amide bonds. The van der Waals surface area contributed by atoms with Crippen molar-refractivity contribution in [3.05, 3.63) is 12.2 Å². The Morgan fingerprint density at radius 2 is 2.08 bits per heavy atom. The van der Waals surface area contributed by atoms with Crippen molar-refractivity contribution < 1.29 is 0 Å². The molecule has 0 aromatic rings. The van der Waals surface area contributed by atoms with Crippen LogP contribution in [0.4, 0.5) is 0 Å². The maximum Gasteiger partial charge on any atom is 0.0575 e. The number of rotatable bonds is 7. The van der Waals surface area contributed by atoms with Gasteiger partial charge in [0.1, 0.15) is 0 Å². The minimum Gasteiger partial charge on any atom is -0.304 e. The van der Waals surface area contributed by atoms with Gasteiger partial charge in [0.25, 0.3) is 0 Å². The van der Waals surface area contributed by atoms with E-state index < -0.39 is 0 Å². The van der Waals surface area contributed by atoms with E-state index in [0.29, 0.717) is 12.6 Å². The summed E-state index contributed by atoms with van der Waals surface area (Å²) in [6, 6.07) is 0.530. The van der Waals surface area contributed by atoms with E-state index in [1.807, 2.05) is 0 Å². The first-order valence-electron chi connectivity index (χ1n) is 5.13. The zero-order chi connectivity index (χ0) is 9.94. The second-order valence-corrected chi connectivity index (χ2v) is 3.32. The molecule has 0 fully saturated rings. The highest BCUT2D eigenvalue weighted by atomic mass is 14.9. The lowest BCUT2D eigenvalue weighted by Gasteiger charge is -2.09. The summed E-state index contributed by atoms with van der Waals surface area (Å²) in [7, 11) is 0. The van der Waals surface area contributed by atoms with Gasteiger partial charge in [-0.15, -0.1) is 6.42 Å². The number of terminal acetylenes is 1. The highest BCUT2D eigenvalue weighted by Crippen LogP contribution is 1.98. The molecular weight excluding hydrogens is 158 g/mol. The second-order valence-electron chi connectivity index (χ2n) is 3.32. The molecule has 0 aromatic carbocycles. The lowest BCUT2D eigenvalue weighted by atomic mass is 10.1. The van der Waals surface area contributed by atoms with Crippen LogP contribution in [-0.4, -0.2) is 12.6 Å². The van der Waals surface area contributed by atoms with Crippen molar-refractivity contribution in [1.29, 1.82) is 0 Å². The van der Waals surface area contributed by atoms with Crippen LogP contribution in [0.15, 0.2) is 12.2 Å². The summed E-state index contributed by atoms with van der Waals surface area (Å²) in [6.07, 6.45) is 14.4. The van der Waals surface area contributed by atoms with E-state index >= 15 is 0 Å². The topological polar surface area (TPSA) is 12.0 Å². The van der Waals surface area contributed by atoms with Crippen molar-refractivity contribution >= 4 is 0 Å². The minimum absolute atomic E-state index is 0.530. The van der Waals surface area contributed by atoms with Gasteiger partial charge in [-0.1, -0.05) is 31.4 Å². The van der Waals surface area contributed by atoms with Crippen molar-refractivity contribution in [1.82, 2.24) is 5.32 Å². The Hall–Kier alpha value is -0.740. The van der Waals surface area contributed by atoms with Gasteiger partial charge >= 0.3 is 0 Å². The van der Waals surface area contributed by atoms with Gasteiger partial charge in [0.2, 0.25) is 0 Å². The van der Waals surface area contributed by atoms with Gasteiger partial charge in [-0.2, -0.15) is 0 Å². The van der Waals surface area contributed by atoms with E-state index in [9.17, 15) is 0 Å². The first-order valence-corrected chi connectivity index (χ1v) is 5.13. The van der Waals surface area contributed by atoms with Gasteiger partial charge in [-0.3, -0.25) is 0 Å². The van der Waals surface area contributed by atoms with E-state index in [4.69, 9.17) is 6.42 Å². The highest BCUT2D eigenvalue weighted by molar-refractivity contribution is 4.88. The third-order valence-electron chi connectivity index (χ3n) is 1.94. The monoisotopic (exact) mass is 179 g/mol. The molecule has 1 unspecified atom stereocenters. The predicted molar refractivity (Wildman–Crippen MR) is 59.6 cm³/mol. The summed E-state index contributed by atoms with van der Waals surface area (Å²) in [6.45, 7) is 5.05. The first kappa shape index (κ1) is 12.3. The summed E-state index contributed by atoms with van der Waals surface area (Å²) in [5.41, 5.74) is 0. The van der Waals surface area contributed by atoms with Crippen molar-refractivity contribution in [3.8, 4) is 12.3 Å². The average Bonchev–Trinajstić information content (AvgIpc) is 2.14. The van der Waals surface area contributed by atoms with E-state index in [1.54, 1.807) is 0 Å². The molecule has 0 heterocycles. The van der Waals surface area contributed by atoms with Crippen molar-refractivity contribution in [2.24, 2.45) is 0 Å². The normalized spacial score (nSPS) is 13.0. The lowest BCUT2D eigenvalue weighted by Crippen LogP contribution is -2.25. The van der Waals surface area contributed by atoms with Crippen LogP contribution < -0.4 is 5.32 Å². The molecule has 0 saturated heterocycles. The molecule has 0 bridgehead atoms. The van der Waals surface area contributed by atoms with E-state index in [1.165, 1.54) is 19.3 Å². The molecule has 1 N–H and O–H groups in total. The summed E-state index contributed by atoms with van der Waals surface area (Å²) in [4.78, 5) is 0. The SMILES string of the molecule is C#CCNC(C)CC/C=C/CCC. The van der Waals surface area contributed by atoms with Crippen LogP contribution in [-0.2, 0) is 0 Å². The quantitative estimate of drug-likeness (QED) is 0.468. The maximum absolute atomic E-state index is 5.14. The molecule has 13 heavy (non-hydrogen) atoms. The standard InChI is InChI=1S/C12H21N/c1-4-6-7-8-9-10-12(3)13-11-5-2/h2,7-8,12-13H,4,6,9-11H2,1,3H3/b8-7+. The fourth-order valence-corrected chi connectivity index (χ4v) is 1.08. The number of nitrogens with one attached hydrogen (secondary N) is 1. The molecular formula is C12H21N. The molecule has 0 aliphatic heterocycles. The van der Waals surface area contributed by atoms with Crippen LogP contribution in [0.5, 0.6) is 0 Å². The van der Waals surface area contributed by atoms with Gasteiger partial charge in [-0.05, 0) is 26.2 Å².